The van der Waals surface area contributed by atoms with Gasteiger partial charge in [0.1, 0.15) is 5.75 Å². The summed E-state index contributed by atoms with van der Waals surface area (Å²) in [6, 6.07) is 6.79. The summed E-state index contributed by atoms with van der Waals surface area (Å²) in [4.78, 5) is 5.71. The van der Waals surface area contributed by atoms with Gasteiger partial charge in [0.15, 0.2) is 0 Å². The molecule has 1 aromatic heterocycles. The molecule has 0 fully saturated rings. The van der Waals surface area contributed by atoms with Gasteiger partial charge in [0.25, 0.3) is 0 Å². The zero-order valence-corrected chi connectivity index (χ0v) is 13.1. The van der Waals surface area contributed by atoms with Crippen LogP contribution in [0, 0.1) is 0 Å². The number of ether oxygens (including phenoxy) is 1. The highest BCUT2D eigenvalue weighted by atomic mass is 32.2. The second-order valence-corrected chi connectivity index (χ2v) is 6.66. The largest absolute Gasteiger partial charge is 0.497 e. The molecular formula is C15H18N2OS2. The number of thiazole rings is 1. The zero-order valence-electron chi connectivity index (χ0n) is 11.5. The Labute approximate surface area is 127 Å². The topological polar surface area (TPSA) is 34.1 Å². The van der Waals surface area contributed by atoms with Crippen LogP contribution < -0.4 is 10.1 Å². The van der Waals surface area contributed by atoms with Gasteiger partial charge in [-0.1, -0.05) is 0 Å². The number of methoxy groups -OCH3 is 1. The van der Waals surface area contributed by atoms with Crippen molar-refractivity contribution in [2.24, 2.45) is 0 Å². The first-order chi connectivity index (χ1) is 9.86. The van der Waals surface area contributed by atoms with Crippen molar-refractivity contribution < 1.29 is 4.74 Å². The third-order valence-corrected chi connectivity index (χ3v) is 5.31. The third kappa shape index (κ3) is 3.16. The van der Waals surface area contributed by atoms with Crippen molar-refractivity contribution in [3.05, 3.63) is 40.3 Å². The summed E-state index contributed by atoms with van der Waals surface area (Å²) in [5.41, 5.74) is 4.37. The number of nitrogens with one attached hydrogen (secondary N) is 1. The van der Waals surface area contributed by atoms with E-state index in [0.29, 0.717) is 6.04 Å². The van der Waals surface area contributed by atoms with Gasteiger partial charge in [0, 0.05) is 22.9 Å². The fourth-order valence-corrected chi connectivity index (χ4v) is 4.07. The summed E-state index contributed by atoms with van der Waals surface area (Å²) in [6.07, 6.45) is 2.40. The van der Waals surface area contributed by atoms with Crippen molar-refractivity contribution in [1.82, 2.24) is 10.3 Å². The summed E-state index contributed by atoms with van der Waals surface area (Å²) < 4.78 is 5.37. The Balaban J connectivity index is 1.80. The van der Waals surface area contributed by atoms with E-state index in [1.807, 2.05) is 17.3 Å². The molecule has 1 aliphatic rings. The third-order valence-electron chi connectivity index (χ3n) is 3.50. The zero-order chi connectivity index (χ0) is 13.8. The van der Waals surface area contributed by atoms with Crippen LogP contribution in [-0.2, 0) is 6.54 Å². The fraction of sp³-hybridized carbons (Fsp3) is 0.400. The van der Waals surface area contributed by atoms with E-state index in [2.05, 4.69) is 33.9 Å². The van der Waals surface area contributed by atoms with E-state index < -0.39 is 0 Å². The van der Waals surface area contributed by atoms with Crippen LogP contribution >= 0.6 is 23.1 Å². The van der Waals surface area contributed by atoms with Crippen molar-refractivity contribution in [2.45, 2.75) is 30.3 Å². The Kier molecular flexibility index (Phi) is 4.60. The molecule has 0 saturated heterocycles. The molecule has 2 heterocycles. The van der Waals surface area contributed by atoms with Crippen molar-refractivity contribution in [3.8, 4) is 5.75 Å². The average molecular weight is 306 g/mol. The highest BCUT2D eigenvalue weighted by Crippen LogP contribution is 2.36. The van der Waals surface area contributed by atoms with E-state index in [1.165, 1.54) is 22.6 Å². The minimum Gasteiger partial charge on any atom is -0.497 e. The summed E-state index contributed by atoms with van der Waals surface area (Å²) >= 11 is 3.59. The van der Waals surface area contributed by atoms with E-state index in [9.17, 15) is 0 Å². The summed E-state index contributed by atoms with van der Waals surface area (Å²) in [5, 5.41) is 5.75. The second kappa shape index (κ2) is 6.61. The average Bonchev–Trinajstić information content (AvgIpc) is 2.92. The molecule has 0 radical (unpaired) electrons. The van der Waals surface area contributed by atoms with Crippen LogP contribution in [-0.4, -0.2) is 17.8 Å². The van der Waals surface area contributed by atoms with Gasteiger partial charge in [-0.3, -0.25) is 0 Å². The van der Waals surface area contributed by atoms with Crippen molar-refractivity contribution in [1.29, 1.82) is 0 Å². The van der Waals surface area contributed by atoms with Gasteiger partial charge in [-0.15, -0.1) is 23.1 Å². The van der Waals surface area contributed by atoms with Gasteiger partial charge >= 0.3 is 0 Å². The van der Waals surface area contributed by atoms with Crippen LogP contribution in [0.25, 0.3) is 0 Å². The van der Waals surface area contributed by atoms with E-state index in [-0.39, 0.29) is 0 Å². The highest BCUT2D eigenvalue weighted by molar-refractivity contribution is 7.99. The lowest BCUT2D eigenvalue weighted by atomic mass is 10.0. The normalized spacial score (nSPS) is 18.4. The SMILES string of the molecule is COc1ccc2c(c1)[C@@H](NCc1cscn1)CCCS2. The molecule has 1 aromatic carbocycles. The van der Waals surface area contributed by atoms with E-state index in [4.69, 9.17) is 4.74 Å². The number of benzene rings is 1. The predicted octanol–water partition coefficient (Wildman–Crippen LogP) is 3.87. The number of aromatic nitrogens is 1. The molecule has 106 valence electrons. The van der Waals surface area contributed by atoms with Crippen LogP contribution in [0.1, 0.15) is 30.1 Å². The molecular weight excluding hydrogens is 288 g/mol. The molecule has 5 heteroatoms. The fourth-order valence-electron chi connectivity index (χ4n) is 2.45. The number of rotatable bonds is 4. The van der Waals surface area contributed by atoms with Crippen molar-refractivity contribution >= 4 is 23.1 Å². The maximum absolute atomic E-state index is 5.37. The molecule has 0 unspecified atom stereocenters. The number of nitrogens with zero attached hydrogens (tertiary/aromatic N) is 1. The van der Waals surface area contributed by atoms with Gasteiger partial charge in [0.05, 0.1) is 18.3 Å². The van der Waals surface area contributed by atoms with Crippen LogP contribution in [0.15, 0.2) is 34.0 Å². The van der Waals surface area contributed by atoms with Gasteiger partial charge in [-0.05, 0) is 42.4 Å². The number of fused-ring (bicyclic) bond motifs is 1. The smallest absolute Gasteiger partial charge is 0.119 e. The molecule has 20 heavy (non-hydrogen) atoms. The van der Waals surface area contributed by atoms with E-state index in [1.54, 1.807) is 18.4 Å². The summed E-state index contributed by atoms with van der Waals surface area (Å²) in [5.74, 6) is 2.13. The van der Waals surface area contributed by atoms with Crippen LogP contribution in [0.4, 0.5) is 0 Å². The van der Waals surface area contributed by atoms with Gasteiger partial charge < -0.3 is 10.1 Å². The maximum atomic E-state index is 5.37. The van der Waals surface area contributed by atoms with Crippen LogP contribution in [0.2, 0.25) is 0 Å². The second-order valence-electron chi connectivity index (χ2n) is 4.81. The van der Waals surface area contributed by atoms with E-state index >= 15 is 0 Å². The number of thioether (sulfide) groups is 1. The van der Waals surface area contributed by atoms with Gasteiger partial charge in [-0.2, -0.15) is 0 Å². The Morgan fingerprint density at radius 2 is 2.40 bits per heavy atom. The van der Waals surface area contributed by atoms with Crippen molar-refractivity contribution in [2.75, 3.05) is 12.9 Å². The van der Waals surface area contributed by atoms with E-state index in [0.717, 1.165) is 24.4 Å². The van der Waals surface area contributed by atoms with Crippen LogP contribution in [0.3, 0.4) is 0 Å². The van der Waals surface area contributed by atoms with Crippen LogP contribution in [0.5, 0.6) is 5.75 Å². The van der Waals surface area contributed by atoms with Gasteiger partial charge in [0.2, 0.25) is 0 Å². The highest BCUT2D eigenvalue weighted by Gasteiger charge is 2.19. The molecule has 3 nitrogen and oxygen atoms in total. The lowest BCUT2D eigenvalue weighted by molar-refractivity contribution is 0.411. The Hall–Kier alpha value is -1.04. The number of hydrogen-bond donors (Lipinski definition) is 1. The molecule has 1 atom stereocenters. The first-order valence-corrected chi connectivity index (χ1v) is 8.71. The molecule has 0 spiro atoms. The van der Waals surface area contributed by atoms with Crippen molar-refractivity contribution in [3.63, 3.8) is 0 Å². The molecule has 0 amide bonds. The minimum absolute atomic E-state index is 0.386. The molecule has 2 aromatic rings. The molecule has 0 saturated carbocycles. The number of hydrogen-bond acceptors (Lipinski definition) is 5. The quantitative estimate of drug-likeness (QED) is 0.930. The molecule has 0 aliphatic carbocycles. The first kappa shape index (κ1) is 13.9. The predicted molar refractivity (Wildman–Crippen MR) is 84.6 cm³/mol. The molecule has 1 aliphatic heterocycles. The lowest BCUT2D eigenvalue weighted by Crippen LogP contribution is -2.21. The summed E-state index contributed by atoms with van der Waals surface area (Å²) in [6.45, 7) is 0.829. The Morgan fingerprint density at radius 1 is 1.45 bits per heavy atom. The first-order valence-electron chi connectivity index (χ1n) is 6.78. The standard InChI is InChI=1S/C15H18N2OS2/c1-18-12-4-5-15-13(7-12)14(3-2-6-20-15)16-8-11-9-19-10-17-11/h4-5,7,9-10,14,16H,2-3,6,8H2,1H3/t14-/m0/s1. The van der Waals surface area contributed by atoms with Gasteiger partial charge in [-0.25, -0.2) is 4.98 Å². The monoisotopic (exact) mass is 306 g/mol. The Morgan fingerprint density at radius 3 is 3.20 bits per heavy atom. The lowest BCUT2D eigenvalue weighted by Gasteiger charge is -2.19. The molecule has 1 N–H and O–H groups in total. The summed E-state index contributed by atoms with van der Waals surface area (Å²) in [7, 11) is 1.73. The molecule has 0 bridgehead atoms. The minimum atomic E-state index is 0.386. The maximum Gasteiger partial charge on any atom is 0.119 e. The Bertz CT molecular complexity index is 557. The molecule has 3 rings (SSSR count).